The van der Waals surface area contributed by atoms with E-state index in [0.29, 0.717) is 31.1 Å². The summed E-state index contributed by atoms with van der Waals surface area (Å²) in [6, 6.07) is 12.1. The summed E-state index contributed by atoms with van der Waals surface area (Å²) in [6.07, 6.45) is 1.36. The number of para-hydroxylation sites is 1. The molecular weight excluding hydrogens is 380 g/mol. The molecule has 0 fully saturated rings. The Labute approximate surface area is 165 Å². The summed E-state index contributed by atoms with van der Waals surface area (Å²) in [5.74, 6) is 0.825. The van der Waals surface area contributed by atoms with Crippen molar-refractivity contribution < 1.29 is 22.7 Å². The molecule has 2 N–H and O–H groups in total. The van der Waals surface area contributed by atoms with Crippen molar-refractivity contribution in [1.82, 2.24) is 4.72 Å². The second-order valence-corrected chi connectivity index (χ2v) is 8.29. The molecule has 1 amide bonds. The van der Waals surface area contributed by atoms with E-state index in [1.165, 1.54) is 12.1 Å². The Morgan fingerprint density at radius 2 is 1.82 bits per heavy atom. The molecule has 0 saturated heterocycles. The van der Waals surface area contributed by atoms with E-state index < -0.39 is 10.0 Å². The fourth-order valence-electron chi connectivity index (χ4n) is 2.78. The SMILES string of the molecule is Cc1ccccc1NC(=O)CCCNS(=O)(=O)c1ccc2c(c1)OCCCO2. The first-order valence-electron chi connectivity index (χ1n) is 9.20. The van der Waals surface area contributed by atoms with E-state index in [9.17, 15) is 13.2 Å². The molecule has 0 aromatic heterocycles. The van der Waals surface area contributed by atoms with Gasteiger partial charge in [0.05, 0.1) is 18.1 Å². The minimum atomic E-state index is -3.69. The molecule has 7 nitrogen and oxygen atoms in total. The third-order valence-corrected chi connectivity index (χ3v) is 5.78. The minimum Gasteiger partial charge on any atom is -0.490 e. The van der Waals surface area contributed by atoms with Gasteiger partial charge in [-0.15, -0.1) is 0 Å². The molecule has 1 aliphatic heterocycles. The normalized spacial score (nSPS) is 13.6. The lowest BCUT2D eigenvalue weighted by Crippen LogP contribution is -2.26. The van der Waals surface area contributed by atoms with Crippen molar-refractivity contribution in [3.05, 3.63) is 48.0 Å². The standard InChI is InChI=1S/C20H24N2O5S/c1-15-6-2-3-7-17(15)22-20(23)8-4-11-21-28(24,25)16-9-10-18-19(14-16)27-13-5-12-26-18/h2-3,6-7,9-10,14,21H,4-5,8,11-13H2,1H3,(H,22,23). The number of amides is 1. The minimum absolute atomic E-state index is 0.112. The number of anilines is 1. The van der Waals surface area contributed by atoms with Crippen LogP contribution in [0.5, 0.6) is 11.5 Å². The predicted molar refractivity (Wildman–Crippen MR) is 106 cm³/mol. The lowest BCUT2D eigenvalue weighted by molar-refractivity contribution is -0.116. The zero-order valence-corrected chi connectivity index (χ0v) is 16.6. The maximum Gasteiger partial charge on any atom is 0.240 e. The molecule has 0 unspecified atom stereocenters. The summed E-state index contributed by atoms with van der Waals surface area (Å²) in [4.78, 5) is 12.1. The van der Waals surface area contributed by atoms with Crippen molar-refractivity contribution in [1.29, 1.82) is 0 Å². The first-order valence-corrected chi connectivity index (χ1v) is 10.7. The average molecular weight is 404 g/mol. The monoisotopic (exact) mass is 404 g/mol. The Balaban J connectivity index is 1.51. The number of sulfonamides is 1. The van der Waals surface area contributed by atoms with E-state index in [1.54, 1.807) is 6.07 Å². The number of benzene rings is 2. The molecule has 2 aromatic rings. The molecule has 1 heterocycles. The zero-order chi connectivity index (χ0) is 20.0. The van der Waals surface area contributed by atoms with Crippen LogP contribution in [0.3, 0.4) is 0 Å². The molecule has 0 radical (unpaired) electrons. The number of ether oxygens (including phenoxy) is 2. The number of nitrogens with one attached hydrogen (secondary N) is 2. The molecule has 2 aromatic carbocycles. The number of carbonyl (C=O) groups excluding carboxylic acids is 1. The number of rotatable bonds is 7. The lowest BCUT2D eigenvalue weighted by atomic mass is 10.2. The van der Waals surface area contributed by atoms with Gasteiger partial charge in [0.1, 0.15) is 0 Å². The second-order valence-electron chi connectivity index (χ2n) is 6.52. The van der Waals surface area contributed by atoms with E-state index in [4.69, 9.17) is 9.47 Å². The predicted octanol–water partition coefficient (Wildman–Crippen LogP) is 2.85. The molecule has 0 atom stereocenters. The summed E-state index contributed by atoms with van der Waals surface area (Å²) >= 11 is 0. The van der Waals surface area contributed by atoms with E-state index >= 15 is 0 Å². The van der Waals surface area contributed by atoms with Crippen LogP contribution in [0.1, 0.15) is 24.8 Å². The largest absolute Gasteiger partial charge is 0.490 e. The summed E-state index contributed by atoms with van der Waals surface area (Å²) < 4.78 is 38.5. The highest BCUT2D eigenvalue weighted by Crippen LogP contribution is 2.31. The highest BCUT2D eigenvalue weighted by atomic mass is 32.2. The molecule has 1 aliphatic rings. The van der Waals surface area contributed by atoms with Gasteiger partial charge in [-0.2, -0.15) is 0 Å². The van der Waals surface area contributed by atoms with E-state index in [1.807, 2.05) is 31.2 Å². The van der Waals surface area contributed by atoms with Gasteiger partial charge >= 0.3 is 0 Å². The number of fused-ring (bicyclic) bond motifs is 1. The average Bonchev–Trinajstić information content (AvgIpc) is 2.92. The lowest BCUT2D eigenvalue weighted by Gasteiger charge is -2.11. The van der Waals surface area contributed by atoms with Crippen LogP contribution >= 0.6 is 0 Å². The van der Waals surface area contributed by atoms with Gasteiger partial charge in [-0.25, -0.2) is 13.1 Å². The number of aryl methyl sites for hydroxylation is 1. The van der Waals surface area contributed by atoms with Crippen LogP contribution in [0.15, 0.2) is 47.4 Å². The third kappa shape index (κ3) is 5.24. The van der Waals surface area contributed by atoms with Crippen LogP contribution in [-0.2, 0) is 14.8 Å². The van der Waals surface area contributed by atoms with Crippen LogP contribution < -0.4 is 19.5 Å². The summed E-state index contributed by atoms with van der Waals surface area (Å²) in [6.45, 7) is 3.11. The van der Waals surface area contributed by atoms with Gasteiger partial charge in [-0.3, -0.25) is 4.79 Å². The Hall–Kier alpha value is -2.58. The topological polar surface area (TPSA) is 93.7 Å². The Morgan fingerprint density at radius 1 is 1.07 bits per heavy atom. The zero-order valence-electron chi connectivity index (χ0n) is 15.7. The summed E-state index contributed by atoms with van der Waals surface area (Å²) in [7, 11) is -3.69. The molecule has 28 heavy (non-hydrogen) atoms. The molecule has 0 bridgehead atoms. The van der Waals surface area contributed by atoms with Gasteiger partial charge in [-0.1, -0.05) is 18.2 Å². The molecule has 0 aliphatic carbocycles. The highest BCUT2D eigenvalue weighted by Gasteiger charge is 2.18. The van der Waals surface area contributed by atoms with Crippen molar-refractivity contribution in [2.45, 2.75) is 31.1 Å². The van der Waals surface area contributed by atoms with Gasteiger partial charge in [-0.05, 0) is 37.1 Å². The van der Waals surface area contributed by atoms with Crippen LogP contribution in [0.4, 0.5) is 5.69 Å². The van der Waals surface area contributed by atoms with Crippen molar-refractivity contribution in [3.63, 3.8) is 0 Å². The fourth-order valence-corrected chi connectivity index (χ4v) is 3.86. The highest BCUT2D eigenvalue weighted by molar-refractivity contribution is 7.89. The molecule has 8 heteroatoms. The number of hydrogen-bond acceptors (Lipinski definition) is 5. The van der Waals surface area contributed by atoms with Gasteiger partial charge in [0.15, 0.2) is 11.5 Å². The van der Waals surface area contributed by atoms with E-state index in [2.05, 4.69) is 10.0 Å². The molecule has 0 saturated carbocycles. The number of hydrogen-bond donors (Lipinski definition) is 2. The summed E-state index contributed by atoms with van der Waals surface area (Å²) in [5, 5.41) is 2.83. The van der Waals surface area contributed by atoms with Crippen LogP contribution in [-0.4, -0.2) is 34.1 Å². The first-order chi connectivity index (χ1) is 13.5. The second kappa shape index (κ2) is 9.07. The Bertz CT molecular complexity index is 943. The van der Waals surface area contributed by atoms with E-state index in [-0.39, 0.29) is 23.8 Å². The maximum atomic E-state index is 12.5. The van der Waals surface area contributed by atoms with Gasteiger partial charge in [0, 0.05) is 31.1 Å². The van der Waals surface area contributed by atoms with Gasteiger partial charge in [0.25, 0.3) is 0 Å². The van der Waals surface area contributed by atoms with Crippen molar-refractivity contribution in [2.24, 2.45) is 0 Å². The summed E-state index contributed by atoms with van der Waals surface area (Å²) in [5.41, 5.74) is 1.74. The molecule has 0 spiro atoms. The van der Waals surface area contributed by atoms with Crippen LogP contribution in [0.25, 0.3) is 0 Å². The smallest absolute Gasteiger partial charge is 0.240 e. The first kappa shape index (κ1) is 20.2. The van der Waals surface area contributed by atoms with Crippen molar-refractivity contribution >= 4 is 21.6 Å². The van der Waals surface area contributed by atoms with Gasteiger partial charge < -0.3 is 14.8 Å². The quantitative estimate of drug-likeness (QED) is 0.692. The molecule has 150 valence electrons. The molecule has 3 rings (SSSR count). The van der Waals surface area contributed by atoms with E-state index in [0.717, 1.165) is 17.7 Å². The molecular formula is C20H24N2O5S. The van der Waals surface area contributed by atoms with Gasteiger partial charge in [0.2, 0.25) is 15.9 Å². The Morgan fingerprint density at radius 3 is 2.61 bits per heavy atom. The maximum absolute atomic E-state index is 12.5. The third-order valence-electron chi connectivity index (χ3n) is 4.32. The van der Waals surface area contributed by atoms with Crippen LogP contribution in [0, 0.1) is 6.92 Å². The van der Waals surface area contributed by atoms with Crippen molar-refractivity contribution in [3.8, 4) is 11.5 Å². The van der Waals surface area contributed by atoms with Crippen LogP contribution in [0.2, 0.25) is 0 Å². The van der Waals surface area contributed by atoms with Crippen molar-refractivity contribution in [2.75, 3.05) is 25.1 Å². The Kier molecular flexibility index (Phi) is 6.53. The fraction of sp³-hybridized carbons (Fsp3) is 0.350. The number of carbonyl (C=O) groups is 1.